The third-order valence-corrected chi connectivity index (χ3v) is 3.88. The second-order valence-corrected chi connectivity index (χ2v) is 6.05. The fourth-order valence-corrected chi connectivity index (χ4v) is 2.87. The van der Waals surface area contributed by atoms with Gasteiger partial charge >= 0.3 is 6.18 Å². The molecule has 0 bridgehead atoms. The summed E-state index contributed by atoms with van der Waals surface area (Å²) < 4.78 is 38.0. The number of hydrogen-bond donors (Lipinski definition) is 1. The number of aryl methyl sites for hydroxylation is 2. The van der Waals surface area contributed by atoms with Crippen LogP contribution in [0.5, 0.6) is 0 Å². The van der Waals surface area contributed by atoms with Crippen LogP contribution in [0.4, 0.5) is 13.2 Å². The number of aromatic nitrogens is 2. The van der Waals surface area contributed by atoms with Gasteiger partial charge in [-0.25, -0.2) is 4.98 Å². The molecule has 1 aromatic carbocycles. The van der Waals surface area contributed by atoms with Crippen molar-refractivity contribution in [2.75, 3.05) is 12.3 Å². The average Bonchev–Trinajstić information content (AvgIpc) is 2.89. The number of alkyl halides is 3. The lowest BCUT2D eigenvalue weighted by Crippen LogP contribution is -2.34. The molecule has 23 heavy (non-hydrogen) atoms. The Bertz CT molecular complexity index is 677. The van der Waals surface area contributed by atoms with Gasteiger partial charge in [0.1, 0.15) is 6.54 Å². The zero-order valence-electron chi connectivity index (χ0n) is 12.6. The molecule has 8 heteroatoms. The van der Waals surface area contributed by atoms with Crippen LogP contribution in [-0.4, -0.2) is 33.9 Å². The molecule has 2 rings (SSSR count). The molecule has 2 aromatic rings. The van der Waals surface area contributed by atoms with Crippen molar-refractivity contribution in [3.8, 4) is 5.69 Å². The van der Waals surface area contributed by atoms with Crippen LogP contribution in [0.3, 0.4) is 0 Å². The summed E-state index contributed by atoms with van der Waals surface area (Å²) in [6.45, 7) is 2.63. The van der Waals surface area contributed by atoms with E-state index in [4.69, 9.17) is 0 Å². The molecule has 0 unspecified atom stereocenters. The number of amides is 1. The Balaban J connectivity index is 2.03. The second-order valence-electron chi connectivity index (χ2n) is 5.11. The van der Waals surface area contributed by atoms with Crippen molar-refractivity contribution in [1.82, 2.24) is 14.9 Å². The highest BCUT2D eigenvalue weighted by Crippen LogP contribution is 2.22. The summed E-state index contributed by atoms with van der Waals surface area (Å²) in [6, 6.07) is 5.99. The van der Waals surface area contributed by atoms with Crippen molar-refractivity contribution in [3.63, 3.8) is 0 Å². The van der Waals surface area contributed by atoms with Crippen LogP contribution in [-0.2, 0) is 4.79 Å². The molecular weight excluding hydrogens is 327 g/mol. The molecule has 0 aliphatic carbocycles. The second kappa shape index (κ2) is 7.08. The summed E-state index contributed by atoms with van der Waals surface area (Å²) in [6.07, 6.45) is -1.06. The van der Waals surface area contributed by atoms with Gasteiger partial charge in [-0.2, -0.15) is 13.2 Å². The lowest BCUT2D eigenvalue weighted by atomic mass is 10.1. The van der Waals surface area contributed by atoms with E-state index in [2.05, 4.69) is 4.98 Å². The van der Waals surface area contributed by atoms with E-state index in [1.54, 1.807) is 12.4 Å². The van der Waals surface area contributed by atoms with Gasteiger partial charge in [0, 0.05) is 18.1 Å². The minimum atomic E-state index is -4.40. The Morgan fingerprint density at radius 3 is 2.52 bits per heavy atom. The van der Waals surface area contributed by atoms with Crippen LogP contribution in [0.2, 0.25) is 0 Å². The first kappa shape index (κ1) is 17.4. The predicted molar refractivity (Wildman–Crippen MR) is 82.8 cm³/mol. The Morgan fingerprint density at radius 1 is 1.26 bits per heavy atom. The van der Waals surface area contributed by atoms with E-state index in [0.717, 1.165) is 28.6 Å². The van der Waals surface area contributed by atoms with Crippen molar-refractivity contribution in [3.05, 3.63) is 41.7 Å². The van der Waals surface area contributed by atoms with E-state index in [1.165, 1.54) is 0 Å². The maximum Gasteiger partial charge on any atom is 0.405 e. The molecule has 0 saturated carbocycles. The molecule has 0 radical (unpaired) electrons. The molecule has 1 heterocycles. The van der Waals surface area contributed by atoms with Crippen LogP contribution in [0.25, 0.3) is 5.69 Å². The fraction of sp³-hybridized carbons (Fsp3) is 0.333. The molecule has 124 valence electrons. The molecule has 1 amide bonds. The first-order valence-electron chi connectivity index (χ1n) is 6.83. The van der Waals surface area contributed by atoms with E-state index in [-0.39, 0.29) is 5.75 Å². The van der Waals surface area contributed by atoms with Gasteiger partial charge in [-0.15, -0.1) is 0 Å². The summed E-state index contributed by atoms with van der Waals surface area (Å²) >= 11 is 1.09. The third-order valence-electron chi connectivity index (χ3n) is 2.91. The van der Waals surface area contributed by atoms with Crippen molar-refractivity contribution < 1.29 is 18.0 Å². The lowest BCUT2D eigenvalue weighted by molar-refractivity contribution is -0.136. The van der Waals surface area contributed by atoms with Crippen LogP contribution in [0, 0.1) is 13.8 Å². The molecular formula is C15H16F3N3OS. The average molecular weight is 343 g/mol. The normalized spacial score (nSPS) is 11.5. The summed E-state index contributed by atoms with van der Waals surface area (Å²) in [5.74, 6) is -0.806. The SMILES string of the molecule is Cc1cc(C)cc(-n2ccnc2SCC(=O)NCC(F)(F)F)c1. The molecule has 0 aliphatic rings. The van der Waals surface area contributed by atoms with E-state index in [0.29, 0.717) is 5.16 Å². The van der Waals surface area contributed by atoms with Gasteiger partial charge in [-0.05, 0) is 37.1 Å². The van der Waals surface area contributed by atoms with E-state index in [1.807, 2.05) is 41.9 Å². The molecule has 0 saturated heterocycles. The summed E-state index contributed by atoms with van der Waals surface area (Å²) in [7, 11) is 0. The minimum absolute atomic E-state index is 0.127. The maximum absolute atomic E-state index is 12.1. The van der Waals surface area contributed by atoms with Crippen molar-refractivity contribution in [1.29, 1.82) is 0 Å². The minimum Gasteiger partial charge on any atom is -0.346 e. The smallest absolute Gasteiger partial charge is 0.346 e. The predicted octanol–water partition coefficient (Wildman–Crippen LogP) is 3.26. The number of benzene rings is 1. The first-order chi connectivity index (χ1) is 10.7. The van der Waals surface area contributed by atoms with Gasteiger partial charge in [0.2, 0.25) is 5.91 Å². The van der Waals surface area contributed by atoms with Gasteiger partial charge in [0.15, 0.2) is 5.16 Å². The number of imidazole rings is 1. The highest BCUT2D eigenvalue weighted by atomic mass is 32.2. The third kappa shape index (κ3) is 5.31. The van der Waals surface area contributed by atoms with Crippen molar-refractivity contribution in [2.45, 2.75) is 25.2 Å². The zero-order valence-corrected chi connectivity index (χ0v) is 13.5. The molecule has 4 nitrogen and oxygen atoms in total. The number of nitrogens with one attached hydrogen (secondary N) is 1. The lowest BCUT2D eigenvalue weighted by Gasteiger charge is -2.10. The monoisotopic (exact) mass is 343 g/mol. The molecule has 1 N–H and O–H groups in total. The number of hydrogen-bond acceptors (Lipinski definition) is 3. The molecule has 0 aliphatic heterocycles. The Hall–Kier alpha value is -1.96. The van der Waals surface area contributed by atoms with Crippen LogP contribution in [0.15, 0.2) is 35.7 Å². The first-order valence-corrected chi connectivity index (χ1v) is 7.81. The standard InChI is InChI=1S/C15H16F3N3OS/c1-10-5-11(2)7-12(6-10)21-4-3-19-14(21)23-8-13(22)20-9-15(16,17)18/h3-7H,8-9H2,1-2H3,(H,20,22). The largest absolute Gasteiger partial charge is 0.405 e. The Labute approximate surface area is 136 Å². The summed E-state index contributed by atoms with van der Waals surface area (Å²) in [5, 5.41) is 2.39. The summed E-state index contributed by atoms with van der Waals surface area (Å²) in [5.41, 5.74) is 3.08. The van der Waals surface area contributed by atoms with Crippen LogP contribution >= 0.6 is 11.8 Å². The zero-order chi connectivity index (χ0) is 17.0. The topological polar surface area (TPSA) is 46.9 Å². The van der Waals surface area contributed by atoms with Gasteiger partial charge < -0.3 is 5.32 Å². The van der Waals surface area contributed by atoms with Gasteiger partial charge in [0.25, 0.3) is 0 Å². The van der Waals surface area contributed by atoms with Crippen LogP contribution in [0.1, 0.15) is 11.1 Å². The quantitative estimate of drug-likeness (QED) is 0.848. The molecule has 0 atom stereocenters. The highest BCUT2D eigenvalue weighted by Gasteiger charge is 2.27. The Morgan fingerprint density at radius 2 is 1.91 bits per heavy atom. The van der Waals surface area contributed by atoms with Gasteiger partial charge in [0.05, 0.1) is 5.75 Å². The molecule has 0 fully saturated rings. The van der Waals surface area contributed by atoms with E-state index < -0.39 is 18.6 Å². The number of carbonyl (C=O) groups is 1. The number of rotatable bonds is 5. The maximum atomic E-state index is 12.1. The number of carbonyl (C=O) groups excluding carboxylic acids is 1. The van der Waals surface area contributed by atoms with Crippen molar-refractivity contribution in [2.24, 2.45) is 0 Å². The van der Waals surface area contributed by atoms with E-state index in [9.17, 15) is 18.0 Å². The van der Waals surface area contributed by atoms with Crippen LogP contribution < -0.4 is 5.32 Å². The molecule has 1 aromatic heterocycles. The number of nitrogens with zero attached hydrogens (tertiary/aromatic N) is 2. The summed E-state index contributed by atoms with van der Waals surface area (Å²) in [4.78, 5) is 15.6. The number of halogens is 3. The molecule has 0 spiro atoms. The Kier molecular flexibility index (Phi) is 5.35. The van der Waals surface area contributed by atoms with Crippen molar-refractivity contribution >= 4 is 17.7 Å². The number of thioether (sulfide) groups is 1. The van der Waals surface area contributed by atoms with Gasteiger partial charge in [-0.1, -0.05) is 17.8 Å². The van der Waals surface area contributed by atoms with E-state index >= 15 is 0 Å². The van der Waals surface area contributed by atoms with Gasteiger partial charge in [-0.3, -0.25) is 9.36 Å². The highest BCUT2D eigenvalue weighted by molar-refractivity contribution is 7.99. The fourth-order valence-electron chi connectivity index (χ4n) is 2.06.